The van der Waals surface area contributed by atoms with E-state index < -0.39 is 10.0 Å². The van der Waals surface area contributed by atoms with Gasteiger partial charge in [-0.2, -0.15) is 4.31 Å². The number of ether oxygens (including phenoxy) is 2. The first kappa shape index (κ1) is 21.7. The van der Waals surface area contributed by atoms with Gasteiger partial charge in [0.15, 0.2) is 0 Å². The molecule has 166 valence electrons. The van der Waals surface area contributed by atoms with Crippen LogP contribution < -0.4 is 14.4 Å². The maximum absolute atomic E-state index is 13.9. The van der Waals surface area contributed by atoms with Gasteiger partial charge in [0.25, 0.3) is 0 Å². The van der Waals surface area contributed by atoms with Crippen molar-refractivity contribution in [2.75, 3.05) is 31.6 Å². The number of anilines is 1. The SMILES string of the molecule is C=CCCC1CN(Cc2ccc(OC)cc2)S(=O)(=O)c2c(cccc2N2CCCC2)O1. The average molecular weight is 443 g/mol. The van der Waals surface area contributed by atoms with Gasteiger partial charge in [-0.25, -0.2) is 8.42 Å². The second-order valence-electron chi connectivity index (χ2n) is 8.05. The molecule has 0 spiro atoms. The Kier molecular flexibility index (Phi) is 6.53. The Bertz CT molecular complexity index is 1010. The van der Waals surface area contributed by atoms with Crippen LogP contribution in [0.3, 0.4) is 0 Å². The summed E-state index contributed by atoms with van der Waals surface area (Å²) in [5.41, 5.74) is 1.66. The average Bonchev–Trinajstić information content (AvgIpc) is 3.28. The molecule has 31 heavy (non-hydrogen) atoms. The van der Waals surface area contributed by atoms with E-state index in [0.29, 0.717) is 23.6 Å². The molecule has 2 aliphatic heterocycles. The Morgan fingerprint density at radius 3 is 2.58 bits per heavy atom. The molecule has 4 rings (SSSR count). The summed E-state index contributed by atoms with van der Waals surface area (Å²) in [5, 5.41) is 0. The molecule has 1 unspecified atom stereocenters. The first-order valence-corrected chi connectivity index (χ1v) is 12.3. The molecule has 0 aliphatic carbocycles. The predicted molar refractivity (Wildman–Crippen MR) is 122 cm³/mol. The molecule has 2 aliphatic rings. The third-order valence-electron chi connectivity index (χ3n) is 5.91. The quantitative estimate of drug-likeness (QED) is 0.601. The zero-order chi connectivity index (χ0) is 21.8. The van der Waals surface area contributed by atoms with Crippen molar-refractivity contribution in [3.05, 3.63) is 60.7 Å². The monoisotopic (exact) mass is 442 g/mol. The van der Waals surface area contributed by atoms with E-state index in [0.717, 1.165) is 49.4 Å². The van der Waals surface area contributed by atoms with Crippen molar-refractivity contribution in [3.63, 3.8) is 0 Å². The van der Waals surface area contributed by atoms with Gasteiger partial charge in [-0.3, -0.25) is 0 Å². The largest absolute Gasteiger partial charge is 0.497 e. The summed E-state index contributed by atoms with van der Waals surface area (Å²) in [4.78, 5) is 2.46. The van der Waals surface area contributed by atoms with Crippen molar-refractivity contribution in [1.82, 2.24) is 4.31 Å². The highest BCUT2D eigenvalue weighted by Gasteiger charge is 2.38. The van der Waals surface area contributed by atoms with E-state index in [2.05, 4.69) is 11.5 Å². The molecular formula is C24H30N2O4S. The van der Waals surface area contributed by atoms with E-state index >= 15 is 0 Å². The standard InChI is InChI=1S/C24H30N2O4S/c1-3-4-8-21-18-26(17-19-11-13-20(29-2)14-12-19)31(27,28)24-22(25-15-5-6-16-25)9-7-10-23(24)30-21/h3,7,9-14,21H,1,4-6,8,15-18H2,2H3. The zero-order valence-corrected chi connectivity index (χ0v) is 18.8. The molecule has 2 aromatic rings. The van der Waals surface area contributed by atoms with E-state index in [1.165, 1.54) is 0 Å². The van der Waals surface area contributed by atoms with Crippen LogP contribution in [0.1, 0.15) is 31.2 Å². The number of methoxy groups -OCH3 is 1. The van der Waals surface area contributed by atoms with Gasteiger partial charge in [0.2, 0.25) is 10.0 Å². The van der Waals surface area contributed by atoms with Crippen molar-refractivity contribution < 1.29 is 17.9 Å². The second-order valence-corrected chi connectivity index (χ2v) is 9.92. The number of benzene rings is 2. The summed E-state index contributed by atoms with van der Waals surface area (Å²) in [6, 6.07) is 13.1. The van der Waals surface area contributed by atoms with Gasteiger partial charge in [-0.05, 0) is 55.5 Å². The van der Waals surface area contributed by atoms with Crippen LogP contribution in [0, 0.1) is 0 Å². The molecule has 1 fully saturated rings. The van der Waals surface area contributed by atoms with Crippen molar-refractivity contribution in [3.8, 4) is 11.5 Å². The lowest BCUT2D eigenvalue weighted by Gasteiger charge is -2.25. The molecule has 2 aromatic carbocycles. The summed E-state index contributed by atoms with van der Waals surface area (Å²) in [7, 11) is -2.13. The van der Waals surface area contributed by atoms with Gasteiger partial charge < -0.3 is 14.4 Å². The lowest BCUT2D eigenvalue weighted by Crippen LogP contribution is -2.37. The van der Waals surface area contributed by atoms with Gasteiger partial charge in [-0.1, -0.05) is 24.3 Å². The van der Waals surface area contributed by atoms with Crippen molar-refractivity contribution in [1.29, 1.82) is 0 Å². The molecule has 0 amide bonds. The highest BCUT2D eigenvalue weighted by molar-refractivity contribution is 7.89. The second kappa shape index (κ2) is 9.32. The minimum atomic E-state index is -3.75. The van der Waals surface area contributed by atoms with Crippen molar-refractivity contribution in [2.24, 2.45) is 0 Å². The van der Waals surface area contributed by atoms with Gasteiger partial charge in [-0.15, -0.1) is 6.58 Å². The molecule has 6 nitrogen and oxygen atoms in total. The Morgan fingerprint density at radius 2 is 1.90 bits per heavy atom. The molecule has 0 radical (unpaired) electrons. The van der Waals surface area contributed by atoms with E-state index in [4.69, 9.17) is 9.47 Å². The fourth-order valence-electron chi connectivity index (χ4n) is 4.27. The number of rotatable bonds is 7. The highest BCUT2D eigenvalue weighted by Crippen LogP contribution is 2.40. The maximum Gasteiger partial charge on any atom is 0.249 e. The first-order chi connectivity index (χ1) is 15.0. The van der Waals surface area contributed by atoms with Crippen LogP contribution in [0.25, 0.3) is 0 Å². The molecule has 1 saturated heterocycles. The zero-order valence-electron chi connectivity index (χ0n) is 18.0. The third-order valence-corrected chi connectivity index (χ3v) is 7.80. The topological polar surface area (TPSA) is 59.1 Å². The van der Waals surface area contributed by atoms with E-state index in [1.807, 2.05) is 42.5 Å². The number of hydrogen-bond donors (Lipinski definition) is 0. The third kappa shape index (κ3) is 4.57. The summed E-state index contributed by atoms with van der Waals surface area (Å²) >= 11 is 0. The lowest BCUT2D eigenvalue weighted by atomic mass is 10.1. The van der Waals surface area contributed by atoms with Gasteiger partial charge in [0.1, 0.15) is 22.5 Å². The Morgan fingerprint density at radius 1 is 1.16 bits per heavy atom. The lowest BCUT2D eigenvalue weighted by molar-refractivity contribution is 0.164. The van der Waals surface area contributed by atoms with Crippen LogP contribution in [0.15, 0.2) is 60.0 Å². The van der Waals surface area contributed by atoms with Gasteiger partial charge in [0.05, 0.1) is 19.3 Å². The Labute approximate surface area is 185 Å². The highest BCUT2D eigenvalue weighted by atomic mass is 32.2. The maximum atomic E-state index is 13.9. The first-order valence-electron chi connectivity index (χ1n) is 10.8. The molecule has 0 bridgehead atoms. The minimum Gasteiger partial charge on any atom is -0.497 e. The van der Waals surface area contributed by atoms with Crippen LogP contribution in [0.4, 0.5) is 5.69 Å². The van der Waals surface area contributed by atoms with Gasteiger partial charge >= 0.3 is 0 Å². The predicted octanol–water partition coefficient (Wildman–Crippen LogP) is 4.21. The summed E-state index contributed by atoms with van der Waals surface area (Å²) in [6.07, 6.45) is 5.23. The Balaban J connectivity index is 1.75. The molecule has 7 heteroatoms. The number of fused-ring (bicyclic) bond motifs is 1. The fraction of sp³-hybridized carbons (Fsp3) is 0.417. The van der Waals surface area contributed by atoms with Crippen LogP contribution in [-0.4, -0.2) is 45.6 Å². The number of hydrogen-bond acceptors (Lipinski definition) is 5. The smallest absolute Gasteiger partial charge is 0.249 e. The summed E-state index contributed by atoms with van der Waals surface area (Å²) in [6.45, 7) is 6.12. The minimum absolute atomic E-state index is 0.235. The molecule has 0 saturated carbocycles. The van der Waals surface area contributed by atoms with E-state index in [1.54, 1.807) is 17.5 Å². The van der Waals surface area contributed by atoms with E-state index in [-0.39, 0.29) is 12.6 Å². The number of sulfonamides is 1. The van der Waals surface area contributed by atoms with Crippen molar-refractivity contribution in [2.45, 2.75) is 43.2 Å². The van der Waals surface area contributed by atoms with Crippen LogP contribution >= 0.6 is 0 Å². The van der Waals surface area contributed by atoms with Gasteiger partial charge in [0, 0.05) is 19.6 Å². The molecule has 1 atom stereocenters. The summed E-state index contributed by atoms with van der Waals surface area (Å²) in [5.74, 6) is 1.20. The van der Waals surface area contributed by atoms with Crippen molar-refractivity contribution >= 4 is 15.7 Å². The normalized spacial score (nSPS) is 20.5. The number of allylic oxidation sites excluding steroid dienone is 1. The van der Waals surface area contributed by atoms with Crippen LogP contribution in [0.2, 0.25) is 0 Å². The van der Waals surface area contributed by atoms with Crippen LogP contribution in [0.5, 0.6) is 11.5 Å². The Hall–Kier alpha value is -2.51. The molecular weight excluding hydrogens is 412 g/mol. The molecule has 0 N–H and O–H groups in total. The summed E-state index contributed by atoms with van der Waals surface area (Å²) < 4.78 is 40.9. The number of nitrogens with zero attached hydrogens (tertiary/aromatic N) is 2. The van der Waals surface area contributed by atoms with E-state index in [9.17, 15) is 8.42 Å². The van der Waals surface area contributed by atoms with Crippen LogP contribution in [-0.2, 0) is 16.6 Å². The molecule has 2 heterocycles. The molecule has 0 aromatic heterocycles. The fourth-order valence-corrected chi connectivity index (χ4v) is 6.04.